The molecule has 0 aliphatic carbocycles. The van der Waals surface area contributed by atoms with Crippen LogP contribution in [0.3, 0.4) is 0 Å². The highest BCUT2D eigenvalue weighted by Gasteiger charge is 2.31. The van der Waals surface area contributed by atoms with E-state index in [4.69, 9.17) is 0 Å². The number of carbonyl (C=O) groups is 2. The molecule has 0 spiro atoms. The fourth-order valence-corrected chi connectivity index (χ4v) is 3.85. The Morgan fingerprint density at radius 1 is 1.19 bits per heavy atom. The average Bonchev–Trinajstić information content (AvgIpc) is 2.63. The monoisotopic (exact) mass is 376 g/mol. The molecule has 2 atom stereocenters. The molecule has 1 fully saturated rings. The first kappa shape index (κ1) is 21.4. The Morgan fingerprint density at radius 2 is 1.74 bits per heavy atom. The topological polar surface area (TPSA) is 58.3 Å². The van der Waals surface area contributed by atoms with Crippen molar-refractivity contribution in [1.29, 1.82) is 0 Å². The standard InChI is InChI=1S/C21H34N4O2/c1-7-24-8-10-25(11-9-24)21(27)18(5)23(6)14-19(26)22-20-16(3)12-15(2)13-17(20)4/h12-13,18H,7-11,14H2,1-6H3,(H,22,26)/p+2/t18-/m0/s1. The SMILES string of the molecule is CC[NH+]1CCN(C(=O)[C@H](C)[NH+](C)CC(=O)Nc2c(C)cc(C)cc2C)CC1. The Labute approximate surface area is 163 Å². The van der Waals surface area contributed by atoms with Crippen LogP contribution in [-0.4, -0.2) is 69.1 Å². The van der Waals surface area contributed by atoms with Gasteiger partial charge in [0.2, 0.25) is 0 Å². The molecule has 3 N–H and O–H groups in total. The van der Waals surface area contributed by atoms with E-state index in [0.29, 0.717) is 0 Å². The molecule has 1 heterocycles. The van der Waals surface area contributed by atoms with E-state index >= 15 is 0 Å². The highest BCUT2D eigenvalue weighted by atomic mass is 16.2. The second-order valence-electron chi connectivity index (χ2n) is 8.00. The van der Waals surface area contributed by atoms with Gasteiger partial charge in [-0.15, -0.1) is 0 Å². The maximum atomic E-state index is 12.8. The number of rotatable bonds is 6. The number of likely N-dealkylation sites (N-methyl/N-ethyl adjacent to an activating group) is 2. The van der Waals surface area contributed by atoms with Crippen LogP contribution in [-0.2, 0) is 9.59 Å². The summed E-state index contributed by atoms with van der Waals surface area (Å²) < 4.78 is 0. The molecule has 1 aromatic carbocycles. The zero-order valence-corrected chi connectivity index (χ0v) is 17.7. The zero-order chi connectivity index (χ0) is 20.1. The van der Waals surface area contributed by atoms with Gasteiger partial charge in [-0.2, -0.15) is 0 Å². The first-order valence-electron chi connectivity index (χ1n) is 10.0. The molecule has 1 aliphatic heterocycles. The molecule has 1 unspecified atom stereocenters. The van der Waals surface area contributed by atoms with Crippen LogP contribution in [0.25, 0.3) is 0 Å². The second-order valence-corrected chi connectivity index (χ2v) is 8.00. The van der Waals surface area contributed by atoms with E-state index in [9.17, 15) is 9.59 Å². The number of anilines is 1. The molecule has 27 heavy (non-hydrogen) atoms. The molecule has 6 nitrogen and oxygen atoms in total. The number of quaternary nitrogens is 2. The molecule has 1 aliphatic rings. The molecule has 0 radical (unpaired) electrons. The molecular formula is C21H36N4O2+2. The minimum Gasteiger partial charge on any atom is -0.332 e. The van der Waals surface area contributed by atoms with Crippen LogP contribution in [0.15, 0.2) is 12.1 Å². The van der Waals surface area contributed by atoms with Crippen LogP contribution < -0.4 is 15.1 Å². The predicted octanol–water partition coefficient (Wildman–Crippen LogP) is -0.799. The molecule has 0 saturated carbocycles. The Kier molecular flexibility index (Phi) is 7.39. The summed E-state index contributed by atoms with van der Waals surface area (Å²) in [5, 5.41) is 3.04. The summed E-state index contributed by atoms with van der Waals surface area (Å²) in [6.07, 6.45) is 0. The summed E-state index contributed by atoms with van der Waals surface area (Å²) in [6, 6.07) is 3.92. The van der Waals surface area contributed by atoms with Gasteiger partial charge in [0, 0.05) is 5.69 Å². The number of nitrogens with one attached hydrogen (secondary N) is 3. The third kappa shape index (κ3) is 5.53. The maximum Gasteiger partial charge on any atom is 0.280 e. The van der Waals surface area contributed by atoms with E-state index < -0.39 is 0 Å². The third-order valence-electron chi connectivity index (χ3n) is 5.77. The predicted molar refractivity (Wildman–Crippen MR) is 108 cm³/mol. The van der Waals surface area contributed by atoms with E-state index in [1.54, 1.807) is 4.90 Å². The van der Waals surface area contributed by atoms with Crippen molar-refractivity contribution in [3.8, 4) is 0 Å². The first-order valence-corrected chi connectivity index (χ1v) is 10.0. The zero-order valence-electron chi connectivity index (χ0n) is 17.7. The summed E-state index contributed by atoms with van der Waals surface area (Å²) in [4.78, 5) is 29.8. The lowest BCUT2D eigenvalue weighted by atomic mass is 10.1. The lowest BCUT2D eigenvalue weighted by Crippen LogP contribution is -3.16. The van der Waals surface area contributed by atoms with Crippen molar-refractivity contribution in [2.75, 3.05) is 51.6 Å². The summed E-state index contributed by atoms with van der Waals surface area (Å²) >= 11 is 0. The van der Waals surface area contributed by atoms with Crippen LogP contribution >= 0.6 is 0 Å². The van der Waals surface area contributed by atoms with Gasteiger partial charge < -0.3 is 20.0 Å². The minimum atomic E-state index is -0.223. The number of piperazine rings is 1. The molecule has 6 heteroatoms. The normalized spacial score (nSPS) is 17.5. The fraction of sp³-hybridized carbons (Fsp3) is 0.619. The maximum absolute atomic E-state index is 12.8. The minimum absolute atomic E-state index is 0.0533. The van der Waals surface area contributed by atoms with Crippen LogP contribution in [0.2, 0.25) is 0 Å². The van der Waals surface area contributed by atoms with Gasteiger partial charge in [0.1, 0.15) is 0 Å². The Morgan fingerprint density at radius 3 is 2.26 bits per heavy atom. The van der Waals surface area contributed by atoms with E-state index in [1.165, 1.54) is 5.56 Å². The van der Waals surface area contributed by atoms with E-state index in [1.807, 2.05) is 32.7 Å². The van der Waals surface area contributed by atoms with Gasteiger partial charge in [-0.3, -0.25) is 9.59 Å². The molecule has 0 bridgehead atoms. The number of amides is 2. The van der Waals surface area contributed by atoms with Gasteiger partial charge in [0.25, 0.3) is 11.8 Å². The quantitative estimate of drug-likeness (QED) is 0.609. The highest BCUT2D eigenvalue weighted by molar-refractivity contribution is 5.93. The van der Waals surface area contributed by atoms with Gasteiger partial charge in [0.05, 0.1) is 39.8 Å². The van der Waals surface area contributed by atoms with Gasteiger partial charge in [0.15, 0.2) is 12.6 Å². The highest BCUT2D eigenvalue weighted by Crippen LogP contribution is 2.21. The summed E-state index contributed by atoms with van der Waals surface area (Å²) in [5.41, 5.74) is 4.21. The van der Waals surface area contributed by atoms with Crippen molar-refractivity contribution in [2.45, 2.75) is 40.7 Å². The largest absolute Gasteiger partial charge is 0.332 e. The second kappa shape index (κ2) is 9.33. The first-order chi connectivity index (χ1) is 12.7. The number of carbonyl (C=O) groups excluding carboxylic acids is 2. The van der Waals surface area contributed by atoms with Gasteiger partial charge >= 0.3 is 0 Å². The summed E-state index contributed by atoms with van der Waals surface area (Å²) in [7, 11) is 1.92. The molecule has 1 aromatic rings. The van der Waals surface area contributed by atoms with Crippen LogP contribution in [0, 0.1) is 20.8 Å². The van der Waals surface area contributed by atoms with Crippen molar-refractivity contribution in [1.82, 2.24) is 4.90 Å². The lowest BCUT2D eigenvalue weighted by molar-refractivity contribution is -0.903. The summed E-state index contributed by atoms with van der Waals surface area (Å²) in [6.45, 7) is 15.2. The van der Waals surface area contributed by atoms with Crippen molar-refractivity contribution >= 4 is 17.5 Å². The van der Waals surface area contributed by atoms with Crippen molar-refractivity contribution in [2.24, 2.45) is 0 Å². The summed E-state index contributed by atoms with van der Waals surface area (Å²) in [5.74, 6) is 0.0978. The molecule has 1 saturated heterocycles. The molecule has 0 aromatic heterocycles. The van der Waals surface area contributed by atoms with Gasteiger partial charge in [-0.05, 0) is 45.7 Å². The van der Waals surface area contributed by atoms with E-state index in [-0.39, 0.29) is 24.4 Å². The molecule has 2 rings (SSSR count). The third-order valence-corrected chi connectivity index (χ3v) is 5.77. The van der Waals surface area contributed by atoms with Crippen molar-refractivity contribution in [3.05, 3.63) is 28.8 Å². The Balaban J connectivity index is 1.91. The van der Waals surface area contributed by atoms with Crippen LogP contribution in [0.1, 0.15) is 30.5 Å². The Hall–Kier alpha value is -1.92. The van der Waals surface area contributed by atoms with Gasteiger partial charge in [-0.1, -0.05) is 17.7 Å². The number of aryl methyl sites for hydroxylation is 3. The smallest absolute Gasteiger partial charge is 0.280 e. The number of hydrogen-bond acceptors (Lipinski definition) is 2. The van der Waals surface area contributed by atoms with E-state index in [0.717, 1.165) is 54.4 Å². The van der Waals surface area contributed by atoms with Crippen LogP contribution in [0.4, 0.5) is 5.69 Å². The fourth-order valence-electron chi connectivity index (χ4n) is 3.85. The van der Waals surface area contributed by atoms with Crippen molar-refractivity contribution < 1.29 is 19.4 Å². The lowest BCUT2D eigenvalue weighted by Gasteiger charge is -2.33. The number of benzene rings is 1. The molecular weight excluding hydrogens is 340 g/mol. The number of nitrogens with zero attached hydrogens (tertiary/aromatic N) is 1. The molecule has 2 amide bonds. The average molecular weight is 377 g/mol. The van der Waals surface area contributed by atoms with E-state index in [2.05, 4.69) is 31.3 Å². The van der Waals surface area contributed by atoms with Gasteiger partial charge in [-0.25, -0.2) is 0 Å². The van der Waals surface area contributed by atoms with Crippen LogP contribution in [0.5, 0.6) is 0 Å². The van der Waals surface area contributed by atoms with Crippen molar-refractivity contribution in [3.63, 3.8) is 0 Å². The molecule has 150 valence electrons. The number of hydrogen-bond donors (Lipinski definition) is 3. The Bertz CT molecular complexity index is 658.